The summed E-state index contributed by atoms with van der Waals surface area (Å²) in [6.07, 6.45) is 2.58. The number of likely N-dealkylation sites (tertiary alicyclic amines) is 1. The fourth-order valence-electron chi connectivity index (χ4n) is 4.04. The van der Waals surface area contributed by atoms with E-state index >= 15 is 0 Å². The zero-order valence-electron chi connectivity index (χ0n) is 15.6. The van der Waals surface area contributed by atoms with Gasteiger partial charge in [0, 0.05) is 30.2 Å². The summed E-state index contributed by atoms with van der Waals surface area (Å²) in [4.78, 5) is 18.2. The zero-order chi connectivity index (χ0) is 18.1. The zero-order valence-corrected chi connectivity index (χ0v) is 15.6. The minimum absolute atomic E-state index is 0.251. The highest BCUT2D eigenvalue weighted by Crippen LogP contribution is 2.30. The molecule has 1 amide bonds. The fraction of sp³-hybridized carbons (Fsp3) is 0.348. The van der Waals surface area contributed by atoms with Gasteiger partial charge in [-0.05, 0) is 55.8 Å². The third kappa shape index (κ3) is 3.52. The van der Waals surface area contributed by atoms with Gasteiger partial charge in [-0.3, -0.25) is 4.79 Å². The van der Waals surface area contributed by atoms with E-state index in [1.165, 1.54) is 27.7 Å². The van der Waals surface area contributed by atoms with Gasteiger partial charge in [0.2, 0.25) is 5.91 Å². The number of aryl methyl sites for hydroxylation is 2. The predicted molar refractivity (Wildman–Crippen MR) is 106 cm³/mol. The first kappa shape index (κ1) is 16.9. The molecular weight excluding hydrogens is 320 g/mol. The Labute approximate surface area is 155 Å². The third-order valence-corrected chi connectivity index (χ3v) is 5.52. The van der Waals surface area contributed by atoms with Crippen molar-refractivity contribution in [2.45, 2.75) is 39.0 Å². The number of rotatable bonds is 3. The number of H-pyrrole nitrogens is 1. The summed E-state index contributed by atoms with van der Waals surface area (Å²) in [7, 11) is 0. The lowest BCUT2D eigenvalue weighted by atomic mass is 9.93. The molecule has 134 valence electrons. The average molecular weight is 346 g/mol. The Morgan fingerprint density at radius 1 is 1.04 bits per heavy atom. The highest BCUT2D eigenvalue weighted by Gasteiger charge is 2.24. The highest BCUT2D eigenvalue weighted by molar-refractivity contribution is 5.81. The summed E-state index contributed by atoms with van der Waals surface area (Å²) in [5.41, 5.74) is 6.14. The monoisotopic (exact) mass is 346 g/mol. The van der Waals surface area contributed by atoms with E-state index in [9.17, 15) is 4.79 Å². The van der Waals surface area contributed by atoms with Crippen molar-refractivity contribution in [1.82, 2.24) is 9.88 Å². The number of piperidine rings is 1. The molecule has 3 nitrogen and oxygen atoms in total. The van der Waals surface area contributed by atoms with Crippen LogP contribution in [-0.4, -0.2) is 28.9 Å². The Balaban J connectivity index is 1.39. The lowest BCUT2D eigenvalue weighted by Crippen LogP contribution is -2.38. The van der Waals surface area contributed by atoms with Crippen molar-refractivity contribution in [3.8, 4) is 0 Å². The minimum Gasteiger partial charge on any atom is -0.358 e. The average Bonchev–Trinajstić information content (AvgIpc) is 3.05. The Hall–Kier alpha value is -2.55. The molecular formula is C23H26N2O. The van der Waals surface area contributed by atoms with Crippen LogP contribution in [0.4, 0.5) is 0 Å². The maximum Gasteiger partial charge on any atom is 0.226 e. The van der Waals surface area contributed by atoms with Gasteiger partial charge >= 0.3 is 0 Å². The molecule has 0 bridgehead atoms. The molecule has 0 saturated carbocycles. The molecule has 1 fully saturated rings. The second-order valence-electron chi connectivity index (χ2n) is 7.64. The van der Waals surface area contributed by atoms with E-state index in [4.69, 9.17) is 0 Å². The molecule has 3 aromatic rings. The van der Waals surface area contributed by atoms with Crippen molar-refractivity contribution in [2.24, 2.45) is 0 Å². The lowest BCUT2D eigenvalue weighted by Gasteiger charge is -2.31. The maximum absolute atomic E-state index is 12.6. The number of aromatic amines is 1. The molecule has 1 aliphatic rings. The summed E-state index contributed by atoms with van der Waals surface area (Å²) < 4.78 is 0. The number of nitrogens with one attached hydrogen (secondary N) is 1. The van der Waals surface area contributed by atoms with E-state index in [0.29, 0.717) is 12.3 Å². The van der Waals surface area contributed by atoms with Gasteiger partial charge in [0.15, 0.2) is 0 Å². The van der Waals surface area contributed by atoms with Crippen LogP contribution in [-0.2, 0) is 11.2 Å². The Bertz CT molecular complexity index is 932. The fourth-order valence-corrected chi connectivity index (χ4v) is 4.04. The van der Waals surface area contributed by atoms with Crippen molar-refractivity contribution < 1.29 is 4.79 Å². The van der Waals surface area contributed by atoms with Crippen molar-refractivity contribution in [1.29, 1.82) is 0 Å². The molecule has 26 heavy (non-hydrogen) atoms. The minimum atomic E-state index is 0.251. The first-order chi connectivity index (χ1) is 12.6. The molecule has 3 heteroatoms. The summed E-state index contributed by atoms with van der Waals surface area (Å²) in [6, 6.07) is 17.1. The Morgan fingerprint density at radius 3 is 2.58 bits per heavy atom. The van der Waals surface area contributed by atoms with Crippen LogP contribution < -0.4 is 0 Å². The summed E-state index contributed by atoms with van der Waals surface area (Å²) in [5, 5.41) is 1.29. The van der Waals surface area contributed by atoms with Gasteiger partial charge in [-0.25, -0.2) is 0 Å². The number of fused-ring (bicyclic) bond motifs is 1. The van der Waals surface area contributed by atoms with Crippen LogP contribution in [0.3, 0.4) is 0 Å². The van der Waals surface area contributed by atoms with Crippen LogP contribution in [0.25, 0.3) is 10.9 Å². The number of amides is 1. The lowest BCUT2D eigenvalue weighted by molar-refractivity contribution is -0.131. The topological polar surface area (TPSA) is 36.1 Å². The second-order valence-corrected chi connectivity index (χ2v) is 7.64. The number of hydrogen-bond donors (Lipinski definition) is 1. The molecule has 0 atom stereocenters. The molecule has 1 N–H and O–H groups in total. The first-order valence-corrected chi connectivity index (χ1v) is 9.51. The number of nitrogens with zero attached hydrogens (tertiary/aromatic N) is 1. The van der Waals surface area contributed by atoms with Gasteiger partial charge in [0.05, 0.1) is 6.42 Å². The van der Waals surface area contributed by atoms with Crippen molar-refractivity contribution in [3.05, 3.63) is 70.9 Å². The van der Waals surface area contributed by atoms with Crippen LogP contribution in [0.1, 0.15) is 41.1 Å². The second kappa shape index (κ2) is 6.99. The van der Waals surface area contributed by atoms with Gasteiger partial charge in [-0.2, -0.15) is 0 Å². The highest BCUT2D eigenvalue weighted by atomic mass is 16.2. The quantitative estimate of drug-likeness (QED) is 0.731. The van der Waals surface area contributed by atoms with E-state index in [-0.39, 0.29) is 5.91 Å². The molecule has 2 heterocycles. The summed E-state index contributed by atoms with van der Waals surface area (Å²) >= 11 is 0. The smallest absolute Gasteiger partial charge is 0.226 e. The molecule has 4 rings (SSSR count). The number of carbonyl (C=O) groups excluding carboxylic acids is 1. The van der Waals surface area contributed by atoms with Gasteiger partial charge in [0.1, 0.15) is 0 Å². The summed E-state index contributed by atoms with van der Waals surface area (Å²) in [5.74, 6) is 0.770. The van der Waals surface area contributed by atoms with Crippen LogP contribution in [0.15, 0.2) is 48.5 Å². The van der Waals surface area contributed by atoms with Gasteiger partial charge in [-0.1, -0.05) is 41.5 Å². The maximum atomic E-state index is 12.6. The van der Waals surface area contributed by atoms with Crippen LogP contribution >= 0.6 is 0 Å². The van der Waals surface area contributed by atoms with Crippen molar-refractivity contribution >= 4 is 16.8 Å². The van der Waals surface area contributed by atoms with E-state index in [1.54, 1.807) is 0 Å². The van der Waals surface area contributed by atoms with E-state index < -0.39 is 0 Å². The van der Waals surface area contributed by atoms with Crippen LogP contribution in [0.5, 0.6) is 0 Å². The molecule has 0 aliphatic carbocycles. The normalized spacial score (nSPS) is 15.5. The molecule has 1 aromatic heterocycles. The Kier molecular flexibility index (Phi) is 4.54. The molecule has 1 saturated heterocycles. The van der Waals surface area contributed by atoms with Gasteiger partial charge in [0.25, 0.3) is 0 Å². The van der Waals surface area contributed by atoms with E-state index in [2.05, 4.69) is 55.2 Å². The van der Waals surface area contributed by atoms with Gasteiger partial charge in [-0.15, -0.1) is 0 Å². The van der Waals surface area contributed by atoms with Crippen molar-refractivity contribution in [3.63, 3.8) is 0 Å². The standard InChI is InChI=1S/C23H26N2O/c1-16-4-3-5-18(12-16)14-23(26)25-10-8-19(9-11-25)22-15-20-13-17(2)6-7-21(20)24-22/h3-7,12-13,15,19,24H,8-11,14H2,1-2H3. The number of aromatic nitrogens is 1. The van der Waals surface area contributed by atoms with E-state index in [1.807, 2.05) is 17.0 Å². The third-order valence-electron chi connectivity index (χ3n) is 5.52. The summed E-state index contributed by atoms with van der Waals surface area (Å²) in [6.45, 7) is 5.90. The molecule has 0 unspecified atom stereocenters. The number of carbonyl (C=O) groups is 1. The molecule has 0 spiro atoms. The Morgan fingerprint density at radius 2 is 1.81 bits per heavy atom. The van der Waals surface area contributed by atoms with Crippen LogP contribution in [0.2, 0.25) is 0 Å². The first-order valence-electron chi connectivity index (χ1n) is 9.51. The van der Waals surface area contributed by atoms with Crippen LogP contribution in [0, 0.1) is 13.8 Å². The predicted octanol–water partition coefficient (Wildman–Crippen LogP) is 4.73. The SMILES string of the molecule is Cc1cccc(CC(=O)N2CCC(c3cc4cc(C)ccc4[nH]3)CC2)c1. The molecule has 1 aliphatic heterocycles. The van der Waals surface area contributed by atoms with Gasteiger partial charge < -0.3 is 9.88 Å². The number of hydrogen-bond acceptors (Lipinski definition) is 1. The number of benzene rings is 2. The molecule has 2 aromatic carbocycles. The molecule has 0 radical (unpaired) electrons. The van der Waals surface area contributed by atoms with E-state index in [0.717, 1.165) is 31.5 Å². The largest absolute Gasteiger partial charge is 0.358 e. The van der Waals surface area contributed by atoms with Crippen molar-refractivity contribution in [2.75, 3.05) is 13.1 Å².